The van der Waals surface area contributed by atoms with Crippen molar-refractivity contribution in [3.05, 3.63) is 12.0 Å². The van der Waals surface area contributed by atoms with Crippen molar-refractivity contribution in [1.29, 1.82) is 0 Å². The number of aryl methyl sites for hydroxylation is 1. The van der Waals surface area contributed by atoms with E-state index >= 15 is 0 Å². The number of aromatic nitrogens is 1. The van der Waals surface area contributed by atoms with Gasteiger partial charge in [-0.3, -0.25) is 9.69 Å². The number of rotatable bonds is 5. The zero-order valence-corrected chi connectivity index (χ0v) is 14.4. The summed E-state index contributed by atoms with van der Waals surface area (Å²) in [5, 5.41) is 0. The highest BCUT2D eigenvalue weighted by Gasteiger charge is 2.56. The fraction of sp³-hybridized carbons (Fsp3) is 0.789. The Morgan fingerprint density at radius 1 is 1.26 bits per heavy atom. The molecule has 0 spiro atoms. The quantitative estimate of drug-likeness (QED) is 0.812. The topological polar surface area (TPSA) is 46.3 Å². The second-order valence-corrected chi connectivity index (χ2v) is 8.28. The van der Waals surface area contributed by atoms with E-state index in [-0.39, 0.29) is 5.41 Å². The number of anilines is 1. The molecule has 4 nitrogen and oxygen atoms in total. The van der Waals surface area contributed by atoms with Crippen LogP contribution in [0.15, 0.2) is 10.7 Å². The summed E-state index contributed by atoms with van der Waals surface area (Å²) < 4.78 is 5.60. The Labute approximate surface area is 138 Å². The maximum absolute atomic E-state index is 13.5. The second-order valence-electron chi connectivity index (χ2n) is 8.28. The van der Waals surface area contributed by atoms with Gasteiger partial charge in [0.05, 0.1) is 11.1 Å². The molecule has 1 aromatic rings. The van der Waals surface area contributed by atoms with Crippen LogP contribution in [0.3, 0.4) is 0 Å². The molecule has 4 fully saturated rings. The average molecular weight is 316 g/mol. The number of amides is 1. The summed E-state index contributed by atoms with van der Waals surface area (Å²) in [6, 6.07) is 0.511. The van der Waals surface area contributed by atoms with Gasteiger partial charge < -0.3 is 4.42 Å². The van der Waals surface area contributed by atoms with Crippen LogP contribution in [0.25, 0.3) is 0 Å². The van der Waals surface area contributed by atoms with E-state index in [9.17, 15) is 4.79 Å². The van der Waals surface area contributed by atoms with Gasteiger partial charge >= 0.3 is 6.01 Å². The summed E-state index contributed by atoms with van der Waals surface area (Å²) in [7, 11) is 0. The molecule has 4 bridgehead atoms. The summed E-state index contributed by atoms with van der Waals surface area (Å²) in [5.74, 6) is 2.64. The zero-order valence-electron chi connectivity index (χ0n) is 14.4. The predicted molar refractivity (Wildman–Crippen MR) is 89.1 cm³/mol. The fourth-order valence-electron chi connectivity index (χ4n) is 5.72. The molecule has 4 saturated carbocycles. The molecule has 4 heteroatoms. The van der Waals surface area contributed by atoms with E-state index in [4.69, 9.17) is 4.42 Å². The fourth-order valence-corrected chi connectivity index (χ4v) is 5.72. The highest BCUT2D eigenvalue weighted by atomic mass is 16.4. The van der Waals surface area contributed by atoms with Crippen LogP contribution in [0, 0.1) is 30.1 Å². The smallest absolute Gasteiger partial charge is 0.304 e. The van der Waals surface area contributed by atoms with Crippen LogP contribution in [0.2, 0.25) is 0 Å². The van der Waals surface area contributed by atoms with Gasteiger partial charge in [-0.25, -0.2) is 0 Å². The summed E-state index contributed by atoms with van der Waals surface area (Å²) >= 11 is 0. The third kappa shape index (κ3) is 2.60. The molecule has 0 radical (unpaired) electrons. The van der Waals surface area contributed by atoms with Crippen LogP contribution >= 0.6 is 0 Å². The van der Waals surface area contributed by atoms with Gasteiger partial charge in [-0.1, -0.05) is 13.3 Å². The van der Waals surface area contributed by atoms with Crippen molar-refractivity contribution in [2.75, 3.05) is 11.4 Å². The lowest BCUT2D eigenvalue weighted by atomic mass is 9.49. The maximum Gasteiger partial charge on any atom is 0.304 e. The van der Waals surface area contributed by atoms with Gasteiger partial charge in [-0.2, -0.15) is 4.98 Å². The lowest BCUT2D eigenvalue weighted by Gasteiger charge is -2.56. The van der Waals surface area contributed by atoms with Crippen molar-refractivity contribution < 1.29 is 9.21 Å². The number of hydrogen-bond acceptors (Lipinski definition) is 3. The Kier molecular flexibility index (Phi) is 3.73. The summed E-state index contributed by atoms with van der Waals surface area (Å²) in [6.07, 6.45) is 11.1. The molecule has 0 aromatic carbocycles. The molecule has 126 valence electrons. The van der Waals surface area contributed by atoms with Gasteiger partial charge in [-0.05, 0) is 69.6 Å². The number of oxazole rings is 1. The molecule has 0 aliphatic heterocycles. The first-order valence-electron chi connectivity index (χ1n) is 9.34. The van der Waals surface area contributed by atoms with E-state index in [0.29, 0.717) is 11.9 Å². The number of carbonyl (C=O) groups is 1. The van der Waals surface area contributed by atoms with Gasteiger partial charge in [0, 0.05) is 6.54 Å². The van der Waals surface area contributed by atoms with Gasteiger partial charge in [-0.15, -0.1) is 0 Å². The van der Waals surface area contributed by atoms with E-state index in [2.05, 4.69) is 11.9 Å². The molecule has 0 saturated heterocycles. The molecular weight excluding hydrogens is 288 g/mol. The highest BCUT2D eigenvalue weighted by Crippen LogP contribution is 2.60. The number of carbonyl (C=O) groups excluding carboxylic acids is 1. The van der Waals surface area contributed by atoms with Crippen LogP contribution in [-0.2, 0) is 4.79 Å². The predicted octanol–water partition coefficient (Wildman–Crippen LogP) is 4.33. The van der Waals surface area contributed by atoms with Crippen molar-refractivity contribution in [2.45, 2.75) is 65.2 Å². The Morgan fingerprint density at radius 2 is 1.87 bits per heavy atom. The van der Waals surface area contributed by atoms with Crippen LogP contribution in [0.4, 0.5) is 6.01 Å². The van der Waals surface area contributed by atoms with Gasteiger partial charge in [0.15, 0.2) is 0 Å². The van der Waals surface area contributed by atoms with Crippen LogP contribution in [0.1, 0.15) is 64.0 Å². The molecular formula is C19H28N2O2. The van der Waals surface area contributed by atoms with E-state index in [0.717, 1.165) is 62.1 Å². The normalized spacial score (nSPS) is 34.8. The third-order valence-corrected chi connectivity index (χ3v) is 6.31. The number of unbranched alkanes of at least 4 members (excludes halogenated alkanes) is 1. The first-order valence-corrected chi connectivity index (χ1v) is 9.34. The Bertz CT molecular complexity index is 557. The molecule has 1 heterocycles. The molecule has 1 aromatic heterocycles. The van der Waals surface area contributed by atoms with E-state index < -0.39 is 0 Å². The summed E-state index contributed by atoms with van der Waals surface area (Å²) in [5.41, 5.74) is 0.727. The lowest BCUT2D eigenvalue weighted by Crippen LogP contribution is -2.55. The summed E-state index contributed by atoms with van der Waals surface area (Å²) in [4.78, 5) is 19.9. The van der Waals surface area contributed by atoms with Crippen molar-refractivity contribution in [1.82, 2.24) is 4.98 Å². The lowest BCUT2D eigenvalue weighted by molar-refractivity contribution is -0.143. The van der Waals surface area contributed by atoms with Gasteiger partial charge in [0.25, 0.3) is 0 Å². The number of nitrogens with zero attached hydrogens (tertiary/aromatic N) is 2. The molecule has 0 unspecified atom stereocenters. The molecule has 23 heavy (non-hydrogen) atoms. The Morgan fingerprint density at radius 3 is 2.35 bits per heavy atom. The zero-order chi connectivity index (χ0) is 16.0. The van der Waals surface area contributed by atoms with Crippen molar-refractivity contribution in [2.24, 2.45) is 23.2 Å². The average Bonchev–Trinajstić information content (AvgIpc) is 2.92. The second kappa shape index (κ2) is 5.64. The standard InChI is InChI=1S/C19H28N2O2/c1-3-4-5-21(18-20-13(2)12-23-18)17(22)19-9-14-6-15(10-19)8-16(7-14)11-19/h12,14-16H,3-11H2,1-2H3. The Hall–Kier alpha value is -1.32. The highest BCUT2D eigenvalue weighted by molar-refractivity contribution is 5.96. The largest absolute Gasteiger partial charge is 0.431 e. The van der Waals surface area contributed by atoms with Crippen LogP contribution in [0.5, 0.6) is 0 Å². The van der Waals surface area contributed by atoms with Crippen LogP contribution < -0.4 is 4.90 Å². The molecule has 1 amide bonds. The van der Waals surface area contributed by atoms with Crippen molar-refractivity contribution in [3.63, 3.8) is 0 Å². The summed E-state index contributed by atoms with van der Waals surface area (Å²) in [6.45, 7) is 4.81. The Balaban J connectivity index is 1.62. The first-order chi connectivity index (χ1) is 11.1. The minimum atomic E-state index is -0.120. The SMILES string of the molecule is CCCCN(C(=O)C12CC3CC(CC(C3)C1)C2)c1nc(C)co1. The van der Waals surface area contributed by atoms with Crippen molar-refractivity contribution >= 4 is 11.9 Å². The molecule has 4 aliphatic rings. The first kappa shape index (κ1) is 15.2. The van der Waals surface area contributed by atoms with E-state index in [1.54, 1.807) is 6.26 Å². The molecule has 0 atom stereocenters. The maximum atomic E-state index is 13.5. The van der Waals surface area contributed by atoms with Gasteiger partial charge in [0.2, 0.25) is 5.91 Å². The number of hydrogen-bond donors (Lipinski definition) is 0. The van der Waals surface area contributed by atoms with Crippen LogP contribution in [-0.4, -0.2) is 17.4 Å². The third-order valence-electron chi connectivity index (χ3n) is 6.31. The van der Waals surface area contributed by atoms with Gasteiger partial charge in [0.1, 0.15) is 6.26 Å². The molecule has 5 rings (SSSR count). The minimum Gasteiger partial charge on any atom is -0.431 e. The molecule has 0 N–H and O–H groups in total. The van der Waals surface area contributed by atoms with E-state index in [1.165, 1.54) is 19.3 Å². The van der Waals surface area contributed by atoms with Crippen molar-refractivity contribution in [3.8, 4) is 0 Å². The van der Waals surface area contributed by atoms with E-state index in [1.807, 2.05) is 11.8 Å². The minimum absolute atomic E-state index is 0.120. The molecule has 4 aliphatic carbocycles. The monoisotopic (exact) mass is 316 g/mol.